The zero-order valence-electron chi connectivity index (χ0n) is 41.8. The summed E-state index contributed by atoms with van der Waals surface area (Å²) in [6.45, 7) is 9.82. The predicted molar refractivity (Wildman–Crippen MR) is 265 cm³/mol. The molecule has 73 heavy (non-hydrogen) atoms. The smallest absolute Gasteiger partial charge is 0.322 e. The van der Waals surface area contributed by atoms with E-state index in [1.165, 1.54) is 17.1 Å². The highest BCUT2D eigenvalue weighted by Crippen LogP contribution is 2.34. The summed E-state index contributed by atoms with van der Waals surface area (Å²) in [6.07, 6.45) is 1.91. The molecule has 26 heteroatoms. The summed E-state index contributed by atoms with van der Waals surface area (Å²) in [4.78, 5) is 132. The first-order chi connectivity index (χ1) is 34.3. The van der Waals surface area contributed by atoms with Crippen LogP contribution in [-0.4, -0.2) is 145 Å². The number of fused-ring (bicyclic) bond motifs is 12. The summed E-state index contributed by atoms with van der Waals surface area (Å²) < 4.78 is 1.53. The minimum absolute atomic E-state index is 0.0468. The van der Waals surface area contributed by atoms with Crippen LogP contribution >= 0.6 is 0 Å². The fraction of sp³-hybridized carbons (Fsp3) is 0.553. The standard InChI is InChI=1S/C47H70N14O12/c1-21(2)14-32-43(69)59-37(23(5)6)44(70)58-33(42(68)56-30(8-7-13-52-47(50)51)41(67)53-18-35(64)65)17-27-26-10-9-24(15-31(26)55-39(27)61-19-25(54-20-61)16-29(49)46(72)73)36(22(3)4)38(45(71)57-32)60-40(66)28(48)11-12-34(62)63/h9-10,15,19-23,28-30,32-33,36-38,55H,7-8,11-14,16-18,48-49H2,1-6H3,(H,53,67)(H,56,68)(H,57,71)(H,58,70)(H,59,69)(H,60,66)(H,62,63)(H,64,65)(H,72,73)(H4,50,51,52)/t28-,29-,30-,32-,33-,36+,37-,38-/m0/s1. The van der Waals surface area contributed by atoms with Gasteiger partial charge in [-0.25, -0.2) is 4.98 Å². The summed E-state index contributed by atoms with van der Waals surface area (Å²) in [5.74, 6) is -10.7. The Hall–Kier alpha value is -7.61. The van der Waals surface area contributed by atoms with Crippen molar-refractivity contribution < 1.29 is 58.5 Å². The fourth-order valence-corrected chi connectivity index (χ4v) is 8.51. The van der Waals surface area contributed by atoms with Crippen LogP contribution in [0.1, 0.15) is 96.4 Å². The highest BCUT2D eigenvalue weighted by atomic mass is 16.4. The molecule has 0 unspecified atom stereocenters. The van der Waals surface area contributed by atoms with Gasteiger partial charge < -0.3 is 75.1 Å². The predicted octanol–water partition coefficient (Wildman–Crippen LogP) is -1.82. The van der Waals surface area contributed by atoms with Gasteiger partial charge in [-0.3, -0.25) is 52.7 Å². The number of aliphatic imine (C=N–C) groups is 1. The number of nitrogens with one attached hydrogen (secondary N) is 7. The van der Waals surface area contributed by atoms with Gasteiger partial charge in [0.25, 0.3) is 0 Å². The van der Waals surface area contributed by atoms with Crippen LogP contribution in [0.3, 0.4) is 0 Å². The molecule has 5 rings (SSSR count). The summed E-state index contributed by atoms with van der Waals surface area (Å²) in [5, 5.41) is 44.7. The number of hydrogen-bond acceptors (Lipinski definition) is 13. The van der Waals surface area contributed by atoms with E-state index in [-0.39, 0.29) is 68.5 Å². The molecule has 4 bridgehead atoms. The molecule has 0 radical (unpaired) electrons. The van der Waals surface area contributed by atoms with Crippen molar-refractivity contribution in [3.8, 4) is 5.82 Å². The lowest BCUT2D eigenvalue weighted by Crippen LogP contribution is -2.61. The minimum atomic E-state index is -1.53. The Labute approximate surface area is 421 Å². The van der Waals surface area contributed by atoms with Gasteiger partial charge in [0.1, 0.15) is 54.9 Å². The van der Waals surface area contributed by atoms with E-state index >= 15 is 0 Å². The van der Waals surface area contributed by atoms with Gasteiger partial charge in [0.05, 0.1) is 11.7 Å². The lowest BCUT2D eigenvalue weighted by molar-refractivity contribution is -0.139. The lowest BCUT2D eigenvalue weighted by atomic mass is 9.81. The second-order valence-electron chi connectivity index (χ2n) is 19.3. The van der Waals surface area contributed by atoms with Crippen LogP contribution in [-0.2, 0) is 56.0 Å². The Morgan fingerprint density at radius 3 is 2.16 bits per heavy atom. The molecule has 0 aliphatic carbocycles. The minimum Gasteiger partial charge on any atom is -0.481 e. The van der Waals surface area contributed by atoms with Crippen LogP contribution in [0.5, 0.6) is 0 Å². The second-order valence-corrected chi connectivity index (χ2v) is 19.3. The quantitative estimate of drug-likeness (QED) is 0.0228. The van der Waals surface area contributed by atoms with Crippen LogP contribution in [0.25, 0.3) is 16.7 Å². The number of carbonyl (C=O) groups excluding carboxylic acids is 6. The Balaban J connectivity index is 2.02. The van der Waals surface area contributed by atoms with Crippen molar-refractivity contribution in [2.24, 2.45) is 45.7 Å². The van der Waals surface area contributed by atoms with Gasteiger partial charge in [-0.05, 0) is 55.1 Å². The molecule has 0 saturated carbocycles. The Kier molecular flexibility index (Phi) is 20.8. The Morgan fingerprint density at radius 1 is 0.863 bits per heavy atom. The van der Waals surface area contributed by atoms with E-state index in [0.29, 0.717) is 22.0 Å². The molecule has 400 valence electrons. The number of nitrogens with two attached hydrogens (primary N) is 4. The van der Waals surface area contributed by atoms with Gasteiger partial charge in [-0.2, -0.15) is 0 Å². The first-order valence-corrected chi connectivity index (χ1v) is 24.0. The molecule has 26 nitrogen and oxygen atoms in total. The van der Waals surface area contributed by atoms with Gasteiger partial charge >= 0.3 is 17.9 Å². The van der Waals surface area contributed by atoms with Crippen LogP contribution in [0.15, 0.2) is 35.7 Å². The van der Waals surface area contributed by atoms with Crippen LogP contribution in [0, 0.1) is 17.8 Å². The SMILES string of the molecule is CC(C)C[C@@H]1NC(=O)[C@@H](NC(=O)[C@@H](N)CCC(=O)O)[C@H](C(C)C)c2ccc3c(c(-n4cnc(C[C@H](N)C(=O)O)c4)[nH]c3c2)C[C@@H](C(=O)N[C@@H](CCCN=C(N)N)C(=O)NCC(=O)O)NC(=O)[C@H](C(C)C)NC1=O. The number of aromatic nitrogens is 3. The Bertz CT molecular complexity index is 2530. The number of benzene rings is 1. The van der Waals surface area contributed by atoms with Gasteiger partial charge in [0, 0.05) is 54.4 Å². The van der Waals surface area contributed by atoms with Crippen LogP contribution < -0.4 is 54.8 Å². The van der Waals surface area contributed by atoms with E-state index < -0.39 is 126 Å². The number of carboxylic acid groups (broad SMARTS) is 3. The molecule has 4 heterocycles. The van der Waals surface area contributed by atoms with E-state index in [1.807, 2.05) is 27.7 Å². The molecule has 8 atom stereocenters. The largest absolute Gasteiger partial charge is 0.481 e. The zero-order chi connectivity index (χ0) is 54.4. The fourth-order valence-electron chi connectivity index (χ4n) is 8.51. The van der Waals surface area contributed by atoms with Crippen molar-refractivity contribution in [1.82, 2.24) is 46.4 Å². The number of nitrogens with zero attached hydrogens (tertiary/aromatic N) is 3. The highest BCUT2D eigenvalue weighted by Gasteiger charge is 2.39. The van der Waals surface area contributed by atoms with E-state index in [9.17, 15) is 58.5 Å². The summed E-state index contributed by atoms with van der Waals surface area (Å²) >= 11 is 0. The number of guanidine groups is 1. The topological polar surface area (TPSA) is 437 Å². The van der Waals surface area contributed by atoms with Crippen molar-refractivity contribution in [3.63, 3.8) is 0 Å². The molecular formula is C47H70N14O12. The third-order valence-corrected chi connectivity index (χ3v) is 12.2. The number of amides is 6. The molecular weight excluding hydrogens is 953 g/mol. The van der Waals surface area contributed by atoms with Gasteiger partial charge in [-0.15, -0.1) is 0 Å². The molecule has 2 aromatic heterocycles. The van der Waals surface area contributed by atoms with E-state index in [0.717, 1.165) is 0 Å². The number of carboxylic acids is 3. The van der Waals surface area contributed by atoms with Gasteiger partial charge in [-0.1, -0.05) is 53.7 Å². The first-order valence-electron chi connectivity index (χ1n) is 24.0. The molecule has 1 aromatic carbocycles. The maximum absolute atomic E-state index is 14.8. The lowest BCUT2D eigenvalue weighted by Gasteiger charge is -2.33. The molecule has 2 aliphatic rings. The molecule has 0 fully saturated rings. The summed E-state index contributed by atoms with van der Waals surface area (Å²) in [5.41, 5.74) is 24.6. The van der Waals surface area contributed by atoms with E-state index in [4.69, 9.17) is 22.9 Å². The number of hydrogen-bond donors (Lipinski definition) is 14. The Morgan fingerprint density at radius 2 is 1.56 bits per heavy atom. The third kappa shape index (κ3) is 16.5. The van der Waals surface area contributed by atoms with Gasteiger partial charge in [0.15, 0.2) is 5.96 Å². The van der Waals surface area contributed by atoms with Crippen molar-refractivity contribution in [1.29, 1.82) is 0 Å². The van der Waals surface area contributed by atoms with E-state index in [1.54, 1.807) is 32.0 Å². The number of carbonyl (C=O) groups is 9. The first kappa shape index (κ1) is 58.0. The molecule has 2 aliphatic heterocycles. The maximum atomic E-state index is 14.8. The maximum Gasteiger partial charge on any atom is 0.322 e. The molecule has 6 amide bonds. The third-order valence-electron chi connectivity index (χ3n) is 12.2. The number of aliphatic carboxylic acids is 3. The van der Waals surface area contributed by atoms with Crippen molar-refractivity contribution in [3.05, 3.63) is 47.5 Å². The van der Waals surface area contributed by atoms with Crippen molar-refractivity contribution in [2.45, 2.75) is 135 Å². The number of H-pyrrole nitrogens is 1. The van der Waals surface area contributed by atoms with Crippen LogP contribution in [0.4, 0.5) is 0 Å². The molecule has 0 saturated heterocycles. The van der Waals surface area contributed by atoms with Gasteiger partial charge in [0.2, 0.25) is 35.4 Å². The zero-order valence-corrected chi connectivity index (χ0v) is 41.8. The molecule has 18 N–H and O–H groups in total. The second kappa shape index (κ2) is 26.2. The van der Waals surface area contributed by atoms with E-state index in [2.05, 4.69) is 46.9 Å². The number of rotatable bonds is 22. The molecule has 3 aromatic rings. The summed E-state index contributed by atoms with van der Waals surface area (Å²) in [6, 6.07) is -4.42. The summed E-state index contributed by atoms with van der Waals surface area (Å²) in [7, 11) is 0. The highest BCUT2D eigenvalue weighted by molar-refractivity contribution is 5.98. The normalized spacial score (nSPS) is 19.9. The molecule has 0 spiro atoms. The number of aromatic amines is 1. The average molecular weight is 1020 g/mol. The van der Waals surface area contributed by atoms with Crippen molar-refractivity contribution >= 4 is 70.2 Å². The van der Waals surface area contributed by atoms with Crippen molar-refractivity contribution in [2.75, 3.05) is 13.1 Å². The average Bonchev–Trinajstić information content (AvgIpc) is 3.92. The monoisotopic (exact) mass is 1020 g/mol. The van der Waals surface area contributed by atoms with Crippen LogP contribution in [0.2, 0.25) is 0 Å². The number of imidazole rings is 1.